The molecule has 1 nitrogen and oxygen atoms in total. The van der Waals surface area contributed by atoms with E-state index in [1.165, 1.54) is 0 Å². The Morgan fingerprint density at radius 2 is 2.18 bits per heavy atom. The molecule has 0 spiro atoms. The summed E-state index contributed by atoms with van der Waals surface area (Å²) in [6.45, 7) is 0. The van der Waals surface area contributed by atoms with E-state index < -0.39 is 60.2 Å². The van der Waals surface area contributed by atoms with Gasteiger partial charge in [-0.1, -0.05) is 24.2 Å². The third-order valence-corrected chi connectivity index (χ3v) is 1.28. The van der Waals surface area contributed by atoms with Gasteiger partial charge in [0.1, 0.15) is 0 Å². The van der Waals surface area contributed by atoms with Crippen molar-refractivity contribution >= 4 is 5.78 Å². The van der Waals surface area contributed by atoms with E-state index in [0.29, 0.717) is 0 Å². The highest BCUT2D eigenvalue weighted by molar-refractivity contribution is 5.98. The van der Waals surface area contributed by atoms with Gasteiger partial charge in [-0.15, -0.1) is 0 Å². The second-order valence-electron chi connectivity index (χ2n) is 1.95. The van der Waals surface area contributed by atoms with Gasteiger partial charge < -0.3 is 0 Å². The summed E-state index contributed by atoms with van der Waals surface area (Å²) in [6, 6.07) is -3.32. The van der Waals surface area contributed by atoms with Crippen LogP contribution in [0.4, 0.5) is 0 Å². The van der Waals surface area contributed by atoms with Crippen LogP contribution in [0.3, 0.4) is 0 Å². The lowest BCUT2D eigenvalue weighted by molar-refractivity contribution is 0.0972. The maximum atomic E-state index is 12.1. The van der Waals surface area contributed by atoms with E-state index in [1.807, 2.05) is 0 Å². The molecule has 1 aromatic rings. The van der Waals surface area contributed by atoms with E-state index in [9.17, 15) is 4.79 Å². The maximum absolute atomic E-state index is 12.1. The van der Waals surface area contributed by atoms with Crippen LogP contribution in [-0.4, -0.2) is 5.78 Å². The quantitative estimate of drug-likeness (QED) is 0.563. The fourth-order valence-electron chi connectivity index (χ4n) is 0.790. The largest absolute Gasteiger partial charge is 0.294 e. The molecular weight excluding hydrogens is 136 g/mol. The van der Waals surface area contributed by atoms with Gasteiger partial charge in [-0.25, -0.2) is 0 Å². The molecule has 1 heteroatoms. The van der Waals surface area contributed by atoms with Crippen LogP contribution in [0.25, 0.3) is 0 Å². The number of hydrogen-bond donors (Lipinski definition) is 0. The molecule has 0 saturated carbocycles. The molecule has 1 aliphatic rings. The second-order valence-corrected chi connectivity index (χ2v) is 1.95. The molecular formula is C10H10O. The van der Waals surface area contributed by atoms with Crippen molar-refractivity contribution in [2.45, 2.75) is 19.1 Å². The summed E-state index contributed by atoms with van der Waals surface area (Å²) in [5, 5.41) is 0. The van der Waals surface area contributed by atoms with Gasteiger partial charge in [0.2, 0.25) is 0 Å². The first-order chi connectivity index (χ1) is 9.30. The van der Waals surface area contributed by atoms with Gasteiger partial charge in [0.25, 0.3) is 0 Å². The Hall–Kier alpha value is -1.11. The zero-order chi connectivity index (χ0) is 16.5. The summed E-state index contributed by atoms with van der Waals surface area (Å²) in [6.07, 6.45) is -9.61. The monoisotopic (exact) mass is 156 g/mol. The van der Waals surface area contributed by atoms with Crippen LogP contribution in [-0.2, 0) is 6.37 Å². The molecule has 0 aliphatic heterocycles. The number of Topliss-reactive ketones (excluding diaryl/α,β-unsaturated/α-hetero) is 1. The minimum Gasteiger partial charge on any atom is -0.294 e. The van der Waals surface area contributed by atoms with Crippen molar-refractivity contribution in [3.05, 3.63) is 35.3 Å². The van der Waals surface area contributed by atoms with Gasteiger partial charge in [0, 0.05) is 20.2 Å². The topological polar surface area (TPSA) is 17.1 Å². The average molecular weight is 156 g/mol. The van der Waals surface area contributed by atoms with E-state index in [2.05, 4.69) is 0 Å². The van der Waals surface area contributed by atoms with Crippen molar-refractivity contribution in [2.24, 2.45) is 0 Å². The van der Waals surface area contributed by atoms with Crippen molar-refractivity contribution < 1.29 is 18.5 Å². The molecule has 0 heterocycles. The van der Waals surface area contributed by atoms with Crippen molar-refractivity contribution in [3.8, 4) is 0 Å². The zero-order valence-electron chi connectivity index (χ0n) is 15.4. The van der Waals surface area contributed by atoms with Crippen molar-refractivity contribution in [2.75, 3.05) is 0 Å². The number of hydrogen-bond acceptors (Lipinski definition) is 1. The summed E-state index contributed by atoms with van der Waals surface area (Å²) in [4.78, 5) is 12.1. The number of carbonyl (C=O) groups is 1. The molecule has 11 heavy (non-hydrogen) atoms. The highest BCUT2D eigenvalue weighted by atomic mass is 16.1. The predicted molar refractivity (Wildman–Crippen MR) is 43.7 cm³/mol. The summed E-state index contributed by atoms with van der Waals surface area (Å²) in [5.41, 5.74) is -1.66. The smallest absolute Gasteiger partial charge is 0.163 e. The molecule has 0 amide bonds. The average Bonchev–Trinajstić information content (AvgIpc) is 2.37. The third kappa shape index (κ3) is 1.07. The highest BCUT2D eigenvalue weighted by Crippen LogP contribution is 2.19. The summed E-state index contributed by atoms with van der Waals surface area (Å²) >= 11 is 0. The fourth-order valence-corrected chi connectivity index (χ4v) is 0.790. The van der Waals surface area contributed by atoms with Crippen molar-refractivity contribution in [1.29, 1.82) is 0 Å². The minimum absolute atomic E-state index is 0.791. The lowest BCUT2D eigenvalue weighted by Gasteiger charge is -2.12. The van der Waals surface area contributed by atoms with Crippen molar-refractivity contribution in [1.82, 2.24) is 0 Å². The molecule has 2 rings (SSSR count). The van der Waals surface area contributed by atoms with E-state index in [0.717, 1.165) is 0 Å². The molecule has 0 bridgehead atoms. The lowest BCUT2D eigenvalue weighted by Crippen LogP contribution is -2.09. The van der Waals surface area contributed by atoms with Gasteiger partial charge in [-0.2, -0.15) is 0 Å². The molecule has 0 atom stereocenters. The minimum atomic E-state index is -3.28. The first-order valence-corrected chi connectivity index (χ1v) is 2.95. The van der Waals surface area contributed by atoms with Crippen molar-refractivity contribution in [3.63, 3.8) is 0 Å². The van der Waals surface area contributed by atoms with Crippen LogP contribution < -0.4 is 0 Å². The van der Waals surface area contributed by atoms with Crippen LogP contribution in [0.1, 0.15) is 42.4 Å². The molecule has 0 unspecified atom stereocenters. The normalized spacial score (nSPS) is 43.1. The van der Waals surface area contributed by atoms with Gasteiger partial charge in [0.15, 0.2) is 5.78 Å². The first kappa shape index (κ1) is 1.79. The predicted octanol–water partition coefficient (Wildman–Crippen LogP) is 2.21. The Balaban J connectivity index is 3.05. The Bertz CT molecular complexity index is 663. The molecule has 0 radical (unpaired) electrons. The summed E-state index contributed by atoms with van der Waals surface area (Å²) < 4.78 is 76.3. The zero-order valence-corrected chi connectivity index (χ0v) is 5.41. The SMILES string of the molecule is [2H]c1c([2H])c([2H])c2c(c1[2H])C(=O)C([2H])([2H])C([2H])([2H])C2([2H])[2H]. The highest BCUT2D eigenvalue weighted by Gasteiger charge is 2.14. The first-order valence-electron chi connectivity index (χ1n) is 7.95. The van der Waals surface area contributed by atoms with Crippen LogP contribution in [0.15, 0.2) is 24.2 Å². The van der Waals surface area contributed by atoms with E-state index in [1.54, 1.807) is 0 Å². The molecule has 56 valence electrons. The van der Waals surface area contributed by atoms with Gasteiger partial charge >= 0.3 is 0 Å². The number of fused-ring (bicyclic) bond motifs is 1. The Kier molecular flexibility index (Phi) is 0.406. The van der Waals surface area contributed by atoms with Crippen LogP contribution >= 0.6 is 0 Å². The second kappa shape index (κ2) is 2.50. The number of benzene rings is 1. The van der Waals surface area contributed by atoms with Crippen LogP contribution in [0, 0.1) is 0 Å². The molecule has 0 N–H and O–H groups in total. The maximum Gasteiger partial charge on any atom is 0.163 e. The standard InChI is InChI=1S/C10H10O/c11-10-7-3-5-8-4-1-2-6-9(8)10/h1-2,4,6H,3,5,7H2/i1D,2D,3D2,4D,5D2,6D,7D2. The number of ketones is 1. The molecule has 1 aliphatic carbocycles. The van der Waals surface area contributed by atoms with Gasteiger partial charge in [-0.3, -0.25) is 4.79 Å². The lowest BCUT2D eigenvalue weighted by atomic mass is 9.91. The summed E-state index contributed by atoms with van der Waals surface area (Å²) in [7, 11) is 0. The fraction of sp³-hybridized carbons (Fsp3) is 0.300. The Morgan fingerprint density at radius 3 is 3.09 bits per heavy atom. The molecule has 0 fully saturated rings. The van der Waals surface area contributed by atoms with Gasteiger partial charge in [-0.05, 0) is 18.3 Å². The van der Waals surface area contributed by atoms with Crippen LogP contribution in [0.5, 0.6) is 0 Å². The van der Waals surface area contributed by atoms with Gasteiger partial charge in [0.05, 0.1) is 5.48 Å². The summed E-state index contributed by atoms with van der Waals surface area (Å²) in [5.74, 6) is -1.48. The van der Waals surface area contributed by atoms with Crippen LogP contribution in [0.2, 0.25) is 0 Å². The number of carbonyl (C=O) groups excluding carboxylic acids is 1. The number of rotatable bonds is 0. The Morgan fingerprint density at radius 1 is 1.36 bits per heavy atom. The van der Waals surface area contributed by atoms with E-state index >= 15 is 0 Å². The molecule has 1 aromatic carbocycles. The van der Waals surface area contributed by atoms with E-state index in [-0.39, 0.29) is 0 Å². The third-order valence-electron chi connectivity index (χ3n) is 1.28. The Labute approximate surface area is 80.1 Å². The molecule has 0 aromatic heterocycles. The molecule has 0 saturated heterocycles. The van der Waals surface area contributed by atoms with E-state index in [4.69, 9.17) is 13.7 Å².